The topological polar surface area (TPSA) is 125 Å². The third kappa shape index (κ3) is 7.66. The van der Waals surface area contributed by atoms with E-state index in [1.54, 1.807) is 42.7 Å². The number of furan rings is 1. The van der Waals surface area contributed by atoms with Crippen LogP contribution in [-0.4, -0.2) is 34.0 Å². The first-order valence-electron chi connectivity index (χ1n) is 12.5. The van der Waals surface area contributed by atoms with Gasteiger partial charge in [0.25, 0.3) is 5.91 Å². The minimum absolute atomic E-state index is 0.0570. The SMILES string of the molecule is CCCCN(CCCC)c1cc(C(=O)NCCc2ccco2)cc(S(=O)(=O)N=N)c1Oc1ccccc1. The largest absolute Gasteiger partial charge is 0.469 e. The number of carbonyl (C=O) groups excluding carboxylic acids is 1. The minimum Gasteiger partial charge on any atom is -0.469 e. The first-order chi connectivity index (χ1) is 17.9. The van der Waals surface area contributed by atoms with Gasteiger partial charge in [-0.3, -0.25) is 4.79 Å². The summed E-state index contributed by atoms with van der Waals surface area (Å²) in [6.45, 7) is 5.78. The van der Waals surface area contributed by atoms with Crippen LogP contribution in [0.2, 0.25) is 0 Å². The lowest BCUT2D eigenvalue weighted by atomic mass is 10.1. The summed E-state index contributed by atoms with van der Waals surface area (Å²) in [5.41, 5.74) is 7.97. The van der Waals surface area contributed by atoms with Gasteiger partial charge in [0.1, 0.15) is 16.4 Å². The van der Waals surface area contributed by atoms with Crippen LogP contribution in [0.5, 0.6) is 11.5 Å². The molecule has 0 saturated heterocycles. The molecule has 0 aliphatic carbocycles. The van der Waals surface area contributed by atoms with Crippen molar-refractivity contribution in [1.82, 2.24) is 5.32 Å². The molecule has 0 fully saturated rings. The van der Waals surface area contributed by atoms with E-state index in [-0.39, 0.29) is 16.2 Å². The Labute approximate surface area is 218 Å². The molecule has 1 aromatic heterocycles. The fraction of sp³-hybridized carbons (Fsp3) is 0.370. The lowest BCUT2D eigenvalue weighted by Gasteiger charge is -2.28. The molecule has 0 radical (unpaired) electrons. The number of carbonyl (C=O) groups is 1. The van der Waals surface area contributed by atoms with Crippen LogP contribution in [0.3, 0.4) is 0 Å². The Morgan fingerprint density at radius 2 is 1.76 bits per heavy atom. The molecule has 1 heterocycles. The summed E-state index contributed by atoms with van der Waals surface area (Å²) in [6.07, 6.45) is 5.69. The highest BCUT2D eigenvalue weighted by Gasteiger charge is 2.28. The quantitative estimate of drug-likeness (QED) is 0.228. The van der Waals surface area contributed by atoms with Crippen molar-refractivity contribution >= 4 is 21.6 Å². The fourth-order valence-corrected chi connectivity index (χ4v) is 4.56. The van der Waals surface area contributed by atoms with Crippen molar-refractivity contribution in [1.29, 1.82) is 5.53 Å². The zero-order valence-electron chi connectivity index (χ0n) is 21.3. The molecule has 9 nitrogen and oxygen atoms in total. The number of para-hydroxylation sites is 1. The first kappa shape index (κ1) is 27.9. The van der Waals surface area contributed by atoms with E-state index < -0.39 is 15.9 Å². The number of rotatable bonds is 15. The molecule has 0 aliphatic heterocycles. The molecule has 0 bridgehead atoms. The Hall–Kier alpha value is -3.66. The van der Waals surface area contributed by atoms with Gasteiger partial charge >= 0.3 is 10.0 Å². The highest BCUT2D eigenvalue weighted by molar-refractivity contribution is 7.90. The summed E-state index contributed by atoms with van der Waals surface area (Å²) in [7, 11) is -4.41. The number of unbranched alkanes of at least 4 members (excludes halogenated alkanes) is 2. The van der Waals surface area contributed by atoms with E-state index in [1.165, 1.54) is 6.07 Å². The van der Waals surface area contributed by atoms with Gasteiger partial charge in [-0.2, -0.15) is 13.9 Å². The van der Waals surface area contributed by atoms with Gasteiger partial charge < -0.3 is 19.4 Å². The fourth-order valence-electron chi connectivity index (χ4n) is 3.81. The number of hydrogen-bond acceptors (Lipinski definition) is 7. The zero-order valence-corrected chi connectivity index (χ0v) is 22.1. The molecule has 0 spiro atoms. The van der Waals surface area contributed by atoms with Crippen LogP contribution < -0.4 is 15.0 Å². The van der Waals surface area contributed by atoms with Crippen LogP contribution in [0.15, 0.2) is 74.7 Å². The molecule has 1 amide bonds. The summed E-state index contributed by atoms with van der Waals surface area (Å²) in [6, 6.07) is 15.3. The molecule has 0 unspecified atom stereocenters. The second-order valence-corrected chi connectivity index (χ2v) is 10.2. The smallest absolute Gasteiger partial charge is 0.303 e. The normalized spacial score (nSPS) is 11.2. The van der Waals surface area contributed by atoms with Crippen molar-refractivity contribution in [3.63, 3.8) is 0 Å². The number of ether oxygens (including phenoxy) is 1. The highest BCUT2D eigenvalue weighted by Crippen LogP contribution is 2.40. The van der Waals surface area contributed by atoms with Crippen molar-refractivity contribution in [2.45, 2.75) is 50.8 Å². The molecule has 3 aromatic rings. The minimum atomic E-state index is -4.41. The molecular weight excluding hydrogens is 492 g/mol. The Balaban J connectivity index is 2.09. The van der Waals surface area contributed by atoms with E-state index >= 15 is 0 Å². The van der Waals surface area contributed by atoms with E-state index in [9.17, 15) is 13.2 Å². The maximum atomic E-state index is 13.1. The molecule has 10 heteroatoms. The highest BCUT2D eigenvalue weighted by atomic mass is 32.2. The zero-order chi connectivity index (χ0) is 26.7. The summed E-state index contributed by atoms with van der Waals surface area (Å²) in [4.78, 5) is 14.9. The average Bonchev–Trinajstić information content (AvgIpc) is 3.43. The molecule has 0 saturated carbocycles. The van der Waals surface area contributed by atoms with Crippen LogP contribution in [0.1, 0.15) is 55.6 Å². The second kappa shape index (κ2) is 13.6. The standard InChI is InChI=1S/C27H34N4O5S/c1-3-5-16-31(17-6-4-2)24-19-21(27(32)29-15-14-22-13-10-18-35-22)20-25(37(33,34)30-28)26(24)36-23-11-8-7-9-12-23/h7-13,18-20,28H,3-6,14-17H2,1-2H3,(H,29,32). The van der Waals surface area contributed by atoms with Gasteiger partial charge in [-0.1, -0.05) is 49.4 Å². The van der Waals surface area contributed by atoms with Gasteiger partial charge in [-0.05, 0) is 49.2 Å². The number of hydrogen-bond donors (Lipinski definition) is 2. The van der Waals surface area contributed by atoms with Gasteiger partial charge in [0.15, 0.2) is 5.75 Å². The van der Waals surface area contributed by atoms with Crippen molar-refractivity contribution in [3.8, 4) is 11.5 Å². The van der Waals surface area contributed by atoms with Gasteiger partial charge in [-0.15, -0.1) is 0 Å². The van der Waals surface area contributed by atoms with E-state index in [0.29, 0.717) is 37.5 Å². The summed E-state index contributed by atoms with van der Waals surface area (Å²) in [5, 5.41) is 2.82. The van der Waals surface area contributed by atoms with Gasteiger partial charge in [0.2, 0.25) is 0 Å². The van der Waals surface area contributed by atoms with Crippen molar-refractivity contribution in [3.05, 3.63) is 72.2 Å². The van der Waals surface area contributed by atoms with Gasteiger partial charge in [0.05, 0.1) is 12.0 Å². The maximum absolute atomic E-state index is 13.1. The Kier molecular flexibility index (Phi) is 10.3. The molecule has 198 valence electrons. The molecule has 0 aliphatic rings. The third-order valence-corrected chi connectivity index (χ3v) is 6.90. The predicted octanol–water partition coefficient (Wildman–Crippen LogP) is 6.17. The van der Waals surface area contributed by atoms with E-state index in [1.807, 2.05) is 17.0 Å². The van der Waals surface area contributed by atoms with Crippen LogP contribution in [-0.2, 0) is 16.4 Å². The first-order valence-corrected chi connectivity index (χ1v) is 13.9. The van der Waals surface area contributed by atoms with Gasteiger partial charge in [-0.25, -0.2) is 0 Å². The van der Waals surface area contributed by atoms with Crippen molar-refractivity contribution in [2.24, 2.45) is 4.52 Å². The number of amides is 1. The Morgan fingerprint density at radius 3 is 2.35 bits per heavy atom. The monoisotopic (exact) mass is 526 g/mol. The summed E-state index contributed by atoms with van der Waals surface area (Å²) >= 11 is 0. The van der Waals surface area contributed by atoms with E-state index in [2.05, 4.69) is 23.7 Å². The van der Waals surface area contributed by atoms with Crippen LogP contribution >= 0.6 is 0 Å². The van der Waals surface area contributed by atoms with Crippen molar-refractivity contribution in [2.75, 3.05) is 24.5 Å². The molecule has 3 rings (SSSR count). The number of benzene rings is 2. The molecule has 0 atom stereocenters. The molecular formula is C27H34N4O5S. The number of nitrogens with zero attached hydrogens (tertiary/aromatic N) is 2. The van der Waals surface area contributed by atoms with Crippen LogP contribution in [0.4, 0.5) is 5.69 Å². The molecule has 2 aromatic carbocycles. The lowest BCUT2D eigenvalue weighted by Crippen LogP contribution is -2.29. The second-order valence-electron chi connectivity index (χ2n) is 8.58. The predicted molar refractivity (Wildman–Crippen MR) is 142 cm³/mol. The molecule has 2 N–H and O–H groups in total. The summed E-state index contributed by atoms with van der Waals surface area (Å²) < 4.78 is 40.3. The van der Waals surface area contributed by atoms with E-state index in [4.69, 9.17) is 14.7 Å². The van der Waals surface area contributed by atoms with E-state index in [0.717, 1.165) is 31.4 Å². The Bertz CT molecular complexity index is 1250. The van der Waals surface area contributed by atoms with Crippen molar-refractivity contribution < 1.29 is 22.4 Å². The van der Waals surface area contributed by atoms with Gasteiger partial charge in [0, 0.05) is 31.6 Å². The maximum Gasteiger partial charge on any atom is 0.303 e. The summed E-state index contributed by atoms with van der Waals surface area (Å²) in [5.74, 6) is 0.786. The van der Waals surface area contributed by atoms with Crippen LogP contribution in [0, 0.1) is 5.53 Å². The lowest BCUT2D eigenvalue weighted by molar-refractivity contribution is 0.0953. The number of nitrogens with one attached hydrogen (secondary N) is 2. The average molecular weight is 527 g/mol. The number of anilines is 1. The van der Waals surface area contributed by atoms with Crippen LogP contribution in [0.25, 0.3) is 0 Å². The Morgan fingerprint density at radius 1 is 1.05 bits per heavy atom. The number of sulfonamides is 1. The molecule has 37 heavy (non-hydrogen) atoms. The third-order valence-electron chi connectivity index (χ3n) is 5.80.